The number of benzene rings is 1. The minimum absolute atomic E-state index is 0.772. The van der Waals surface area contributed by atoms with Crippen LogP contribution in [-0.2, 0) is 18.0 Å². The van der Waals surface area contributed by atoms with Gasteiger partial charge in [-0.25, -0.2) is 0 Å². The molecule has 0 radical (unpaired) electrons. The Morgan fingerprint density at radius 3 is 3.00 bits per heavy atom. The number of nitrogens with one attached hydrogen (secondary N) is 1. The van der Waals surface area contributed by atoms with Gasteiger partial charge in [-0.3, -0.25) is 0 Å². The third-order valence-electron chi connectivity index (χ3n) is 2.10. The highest BCUT2D eigenvalue weighted by molar-refractivity contribution is 5.49. The smallest absolute Gasteiger partial charge is 0.0725 e. The van der Waals surface area contributed by atoms with Crippen LogP contribution in [0.3, 0.4) is 0 Å². The van der Waals surface area contributed by atoms with Gasteiger partial charge in [-0.1, -0.05) is 6.07 Å². The summed E-state index contributed by atoms with van der Waals surface area (Å²) in [5.41, 5.74) is 3.85. The molecule has 1 heterocycles. The molecule has 0 saturated carbocycles. The number of rotatable bonds is 2. The molecule has 0 spiro atoms. The fraction of sp³-hybridized carbons (Fsp3) is 0.400. The van der Waals surface area contributed by atoms with Crippen molar-refractivity contribution in [1.82, 2.24) is 0 Å². The Hall–Kier alpha value is -1.02. The Balaban J connectivity index is 2.26. The molecule has 0 bridgehead atoms. The average Bonchev–Trinajstić information content (AvgIpc) is 2.51. The fourth-order valence-electron chi connectivity index (χ4n) is 1.49. The van der Waals surface area contributed by atoms with Gasteiger partial charge in [0.1, 0.15) is 0 Å². The van der Waals surface area contributed by atoms with E-state index in [2.05, 4.69) is 30.4 Å². The second-order valence-electron chi connectivity index (χ2n) is 3.01. The van der Waals surface area contributed by atoms with Crippen LogP contribution in [0, 0.1) is 0 Å². The van der Waals surface area contributed by atoms with Gasteiger partial charge in [0.15, 0.2) is 0 Å². The minimum Gasteiger partial charge on any atom is -0.385 e. The van der Waals surface area contributed by atoms with Crippen LogP contribution >= 0.6 is 0 Å². The molecule has 1 aromatic carbocycles. The Bertz CT molecular complexity index is 283. The molecule has 0 amide bonds. The topological polar surface area (TPSA) is 21.3 Å². The molecule has 0 saturated heterocycles. The van der Waals surface area contributed by atoms with Crippen molar-refractivity contribution >= 4 is 5.69 Å². The van der Waals surface area contributed by atoms with Crippen molar-refractivity contribution in [2.45, 2.75) is 20.1 Å². The fourth-order valence-corrected chi connectivity index (χ4v) is 1.49. The highest BCUT2D eigenvalue weighted by atomic mass is 16.5. The molecule has 0 unspecified atom stereocenters. The Labute approximate surface area is 72.5 Å². The molecule has 2 heteroatoms. The minimum atomic E-state index is 0.772. The van der Waals surface area contributed by atoms with Crippen molar-refractivity contribution in [3.05, 3.63) is 29.3 Å². The Morgan fingerprint density at radius 2 is 2.17 bits per heavy atom. The zero-order valence-corrected chi connectivity index (χ0v) is 7.26. The summed E-state index contributed by atoms with van der Waals surface area (Å²) in [4.78, 5) is 0. The average molecular weight is 163 g/mol. The summed E-state index contributed by atoms with van der Waals surface area (Å²) in [6, 6.07) is 6.42. The lowest BCUT2D eigenvalue weighted by Crippen LogP contribution is -1.96. The maximum absolute atomic E-state index is 5.32. The van der Waals surface area contributed by atoms with Crippen molar-refractivity contribution in [3.8, 4) is 0 Å². The van der Waals surface area contributed by atoms with Gasteiger partial charge in [0, 0.05) is 12.2 Å². The lowest BCUT2D eigenvalue weighted by atomic mass is 10.1. The normalized spacial score (nSPS) is 14.4. The van der Waals surface area contributed by atoms with E-state index in [1.54, 1.807) is 0 Å². The lowest BCUT2D eigenvalue weighted by molar-refractivity contribution is 0.134. The maximum atomic E-state index is 5.32. The third-order valence-corrected chi connectivity index (χ3v) is 2.10. The predicted octanol–water partition coefficient (Wildman–Crippen LogP) is 2.15. The molecule has 1 N–H and O–H groups in total. The van der Waals surface area contributed by atoms with Gasteiger partial charge in [-0.05, 0) is 30.2 Å². The molecule has 1 aliphatic rings. The molecule has 12 heavy (non-hydrogen) atoms. The largest absolute Gasteiger partial charge is 0.385 e. The van der Waals surface area contributed by atoms with Gasteiger partial charge in [-0.15, -0.1) is 0 Å². The van der Waals surface area contributed by atoms with Crippen molar-refractivity contribution in [1.29, 1.82) is 0 Å². The molecule has 0 aliphatic carbocycles. The zero-order chi connectivity index (χ0) is 8.39. The van der Waals surface area contributed by atoms with Crippen molar-refractivity contribution in [2.75, 3.05) is 11.9 Å². The number of hydrogen-bond acceptors (Lipinski definition) is 2. The lowest BCUT2D eigenvalue weighted by Gasteiger charge is -2.04. The first kappa shape index (κ1) is 7.62. The summed E-state index contributed by atoms with van der Waals surface area (Å²) < 4.78 is 5.32. The van der Waals surface area contributed by atoms with Gasteiger partial charge < -0.3 is 10.1 Å². The molecule has 1 aliphatic heterocycles. The zero-order valence-electron chi connectivity index (χ0n) is 7.26. The van der Waals surface area contributed by atoms with Crippen LogP contribution in [0.25, 0.3) is 0 Å². The summed E-state index contributed by atoms with van der Waals surface area (Å²) >= 11 is 0. The molecule has 0 atom stereocenters. The van der Waals surface area contributed by atoms with Crippen LogP contribution < -0.4 is 5.32 Å². The number of ether oxygens (including phenoxy) is 1. The summed E-state index contributed by atoms with van der Waals surface area (Å²) in [7, 11) is 0. The van der Waals surface area contributed by atoms with E-state index in [1.807, 2.05) is 0 Å². The van der Waals surface area contributed by atoms with Gasteiger partial charge in [0.05, 0.1) is 13.2 Å². The quantitative estimate of drug-likeness (QED) is 0.721. The summed E-state index contributed by atoms with van der Waals surface area (Å²) in [5.74, 6) is 0. The highest BCUT2D eigenvalue weighted by Gasteiger charge is 2.10. The van der Waals surface area contributed by atoms with Crippen molar-refractivity contribution in [3.63, 3.8) is 0 Å². The van der Waals surface area contributed by atoms with Crippen molar-refractivity contribution in [2.24, 2.45) is 0 Å². The van der Waals surface area contributed by atoms with Crippen molar-refractivity contribution < 1.29 is 4.74 Å². The molecule has 1 aromatic rings. The van der Waals surface area contributed by atoms with E-state index in [-0.39, 0.29) is 0 Å². The second kappa shape index (κ2) is 3.15. The molecular formula is C10H13NO. The van der Waals surface area contributed by atoms with E-state index in [0.717, 1.165) is 19.8 Å². The SMILES string of the molecule is CCNc1ccc2c(c1)COC2. The number of fused-ring (bicyclic) bond motifs is 1. The molecular weight excluding hydrogens is 150 g/mol. The Morgan fingerprint density at radius 1 is 1.33 bits per heavy atom. The van der Waals surface area contributed by atoms with Crippen LogP contribution in [0.15, 0.2) is 18.2 Å². The van der Waals surface area contributed by atoms with Crippen LogP contribution in [-0.4, -0.2) is 6.54 Å². The standard InChI is InChI=1S/C10H13NO/c1-2-11-10-4-3-8-6-12-7-9(8)5-10/h3-5,11H,2,6-7H2,1H3. The summed E-state index contributed by atoms with van der Waals surface area (Å²) in [6.45, 7) is 4.62. The van der Waals surface area contributed by atoms with E-state index in [9.17, 15) is 0 Å². The molecule has 2 rings (SSSR count). The Kier molecular flexibility index (Phi) is 2.00. The predicted molar refractivity (Wildman–Crippen MR) is 49.1 cm³/mol. The van der Waals surface area contributed by atoms with Crippen LogP contribution in [0.2, 0.25) is 0 Å². The van der Waals surface area contributed by atoms with Crippen LogP contribution in [0.1, 0.15) is 18.1 Å². The van der Waals surface area contributed by atoms with Gasteiger partial charge in [0.25, 0.3) is 0 Å². The molecule has 0 fully saturated rings. The monoisotopic (exact) mass is 163 g/mol. The van der Waals surface area contributed by atoms with E-state index >= 15 is 0 Å². The van der Waals surface area contributed by atoms with E-state index in [0.29, 0.717) is 0 Å². The summed E-state index contributed by atoms with van der Waals surface area (Å²) in [5, 5.41) is 3.28. The van der Waals surface area contributed by atoms with Gasteiger partial charge in [-0.2, -0.15) is 0 Å². The second-order valence-corrected chi connectivity index (χ2v) is 3.01. The van der Waals surface area contributed by atoms with Crippen LogP contribution in [0.4, 0.5) is 5.69 Å². The van der Waals surface area contributed by atoms with E-state index in [4.69, 9.17) is 4.74 Å². The third kappa shape index (κ3) is 1.30. The maximum Gasteiger partial charge on any atom is 0.0725 e. The first-order valence-corrected chi connectivity index (χ1v) is 4.33. The highest BCUT2D eigenvalue weighted by Crippen LogP contribution is 2.22. The van der Waals surface area contributed by atoms with Gasteiger partial charge >= 0.3 is 0 Å². The first-order valence-electron chi connectivity index (χ1n) is 4.33. The van der Waals surface area contributed by atoms with E-state index < -0.39 is 0 Å². The van der Waals surface area contributed by atoms with Gasteiger partial charge in [0.2, 0.25) is 0 Å². The summed E-state index contributed by atoms with van der Waals surface area (Å²) in [6.07, 6.45) is 0. The first-order chi connectivity index (χ1) is 5.90. The molecule has 64 valence electrons. The molecule has 2 nitrogen and oxygen atoms in total. The number of anilines is 1. The molecule has 0 aromatic heterocycles. The van der Waals surface area contributed by atoms with E-state index in [1.165, 1.54) is 16.8 Å². The van der Waals surface area contributed by atoms with Crippen LogP contribution in [0.5, 0.6) is 0 Å². The number of hydrogen-bond donors (Lipinski definition) is 1.